The standard InChI is InChI=1S/C19H16F3NO4/c1-11(19(26)23-14-8-7-13(20)17(21)18(14)22)27-16(25)10-9-15(24)12-5-3-2-4-6-12/h2-8,11H,9-10H2,1H3,(H,23,26)/t11-/m0/s1. The van der Waals surface area contributed by atoms with Crippen LogP contribution in [0.25, 0.3) is 0 Å². The van der Waals surface area contributed by atoms with Gasteiger partial charge in [0.1, 0.15) is 0 Å². The maximum Gasteiger partial charge on any atom is 0.307 e. The van der Waals surface area contributed by atoms with Gasteiger partial charge in [0.2, 0.25) is 0 Å². The fourth-order valence-corrected chi connectivity index (χ4v) is 2.15. The van der Waals surface area contributed by atoms with E-state index in [4.69, 9.17) is 4.74 Å². The Kier molecular flexibility index (Phi) is 6.70. The van der Waals surface area contributed by atoms with Crippen molar-refractivity contribution >= 4 is 23.3 Å². The van der Waals surface area contributed by atoms with Crippen LogP contribution < -0.4 is 5.32 Å². The van der Waals surface area contributed by atoms with Crippen LogP contribution in [0.5, 0.6) is 0 Å². The van der Waals surface area contributed by atoms with E-state index in [1.807, 2.05) is 5.32 Å². The van der Waals surface area contributed by atoms with Gasteiger partial charge in [-0.15, -0.1) is 0 Å². The molecule has 0 bridgehead atoms. The van der Waals surface area contributed by atoms with Crippen LogP contribution >= 0.6 is 0 Å². The third-order valence-electron chi connectivity index (χ3n) is 3.62. The lowest BCUT2D eigenvalue weighted by Crippen LogP contribution is -2.30. The van der Waals surface area contributed by atoms with Crippen molar-refractivity contribution in [2.45, 2.75) is 25.9 Å². The SMILES string of the molecule is C[C@H](OC(=O)CCC(=O)c1ccccc1)C(=O)Nc1ccc(F)c(F)c1F. The maximum atomic E-state index is 13.5. The molecule has 8 heteroatoms. The molecule has 2 aromatic carbocycles. The molecule has 1 atom stereocenters. The van der Waals surface area contributed by atoms with E-state index in [-0.39, 0.29) is 18.6 Å². The molecule has 0 spiro atoms. The van der Waals surface area contributed by atoms with E-state index in [0.717, 1.165) is 6.07 Å². The summed E-state index contributed by atoms with van der Waals surface area (Å²) in [6.07, 6.45) is -1.67. The van der Waals surface area contributed by atoms with Crippen molar-refractivity contribution < 1.29 is 32.3 Å². The van der Waals surface area contributed by atoms with Gasteiger partial charge in [-0.3, -0.25) is 14.4 Å². The number of carbonyl (C=O) groups excluding carboxylic acids is 3. The lowest BCUT2D eigenvalue weighted by atomic mass is 10.1. The number of amides is 1. The number of Topliss-reactive ketones (excluding diaryl/α,β-unsaturated/α-hetero) is 1. The van der Waals surface area contributed by atoms with Gasteiger partial charge in [0.15, 0.2) is 29.3 Å². The van der Waals surface area contributed by atoms with Crippen molar-refractivity contribution in [1.29, 1.82) is 0 Å². The summed E-state index contributed by atoms with van der Waals surface area (Å²) in [6, 6.07) is 9.85. The smallest absolute Gasteiger partial charge is 0.307 e. The molecule has 1 amide bonds. The van der Waals surface area contributed by atoms with Gasteiger partial charge in [0, 0.05) is 12.0 Å². The van der Waals surface area contributed by atoms with Gasteiger partial charge in [-0.25, -0.2) is 13.2 Å². The summed E-state index contributed by atoms with van der Waals surface area (Å²) in [6.45, 7) is 1.23. The van der Waals surface area contributed by atoms with Crippen LogP contribution in [0.1, 0.15) is 30.1 Å². The molecular formula is C19H16F3NO4. The molecule has 27 heavy (non-hydrogen) atoms. The van der Waals surface area contributed by atoms with Crippen LogP contribution in [-0.4, -0.2) is 23.8 Å². The van der Waals surface area contributed by atoms with Crippen molar-refractivity contribution in [3.05, 3.63) is 65.5 Å². The van der Waals surface area contributed by atoms with E-state index >= 15 is 0 Å². The first-order valence-corrected chi connectivity index (χ1v) is 8.01. The van der Waals surface area contributed by atoms with Gasteiger partial charge in [0.25, 0.3) is 5.91 Å². The van der Waals surface area contributed by atoms with E-state index in [1.54, 1.807) is 30.3 Å². The van der Waals surface area contributed by atoms with E-state index in [9.17, 15) is 27.6 Å². The largest absolute Gasteiger partial charge is 0.453 e. The molecular weight excluding hydrogens is 363 g/mol. The zero-order valence-corrected chi connectivity index (χ0v) is 14.3. The molecule has 5 nitrogen and oxygen atoms in total. The summed E-state index contributed by atoms with van der Waals surface area (Å²) in [7, 11) is 0. The predicted octanol–water partition coefficient (Wildman–Crippen LogP) is 3.64. The molecule has 0 unspecified atom stereocenters. The highest BCUT2D eigenvalue weighted by Crippen LogP contribution is 2.20. The number of ether oxygens (including phenoxy) is 1. The van der Waals surface area contributed by atoms with Crippen LogP contribution in [0.4, 0.5) is 18.9 Å². The normalized spacial score (nSPS) is 11.6. The summed E-state index contributed by atoms with van der Waals surface area (Å²) in [5.41, 5.74) is -0.133. The second-order valence-corrected chi connectivity index (χ2v) is 5.63. The van der Waals surface area contributed by atoms with Gasteiger partial charge in [0.05, 0.1) is 12.1 Å². The van der Waals surface area contributed by atoms with Gasteiger partial charge < -0.3 is 10.1 Å². The summed E-state index contributed by atoms with van der Waals surface area (Å²) >= 11 is 0. The van der Waals surface area contributed by atoms with Crippen molar-refractivity contribution in [2.24, 2.45) is 0 Å². The second-order valence-electron chi connectivity index (χ2n) is 5.63. The number of benzene rings is 2. The van der Waals surface area contributed by atoms with E-state index in [1.165, 1.54) is 6.92 Å². The Morgan fingerprint density at radius 2 is 1.63 bits per heavy atom. The molecule has 2 aromatic rings. The molecule has 0 aliphatic rings. The Hall–Kier alpha value is -3.16. The molecule has 0 aromatic heterocycles. The molecule has 0 radical (unpaired) electrons. The Morgan fingerprint density at radius 3 is 2.30 bits per heavy atom. The highest BCUT2D eigenvalue weighted by molar-refractivity contribution is 5.98. The number of esters is 1. The zero-order valence-electron chi connectivity index (χ0n) is 14.3. The van der Waals surface area contributed by atoms with Crippen LogP contribution in [-0.2, 0) is 14.3 Å². The number of halogens is 3. The number of ketones is 1. The number of hydrogen-bond acceptors (Lipinski definition) is 4. The minimum atomic E-state index is -1.73. The minimum absolute atomic E-state index is 0.102. The van der Waals surface area contributed by atoms with Crippen LogP contribution in [0.15, 0.2) is 42.5 Å². The molecule has 0 aliphatic carbocycles. The maximum absolute atomic E-state index is 13.5. The Balaban J connectivity index is 1.86. The minimum Gasteiger partial charge on any atom is -0.453 e. The van der Waals surface area contributed by atoms with Crippen molar-refractivity contribution in [1.82, 2.24) is 0 Å². The number of hydrogen-bond donors (Lipinski definition) is 1. The topological polar surface area (TPSA) is 72.5 Å². The van der Waals surface area contributed by atoms with Crippen LogP contribution in [0.2, 0.25) is 0 Å². The third kappa shape index (κ3) is 5.40. The van der Waals surface area contributed by atoms with Gasteiger partial charge in [-0.1, -0.05) is 30.3 Å². The van der Waals surface area contributed by atoms with Crippen molar-refractivity contribution in [3.63, 3.8) is 0 Å². The first-order chi connectivity index (χ1) is 12.8. The second kappa shape index (κ2) is 8.98. The summed E-state index contributed by atoms with van der Waals surface area (Å²) in [5.74, 6) is -6.66. The van der Waals surface area contributed by atoms with Crippen LogP contribution in [0.3, 0.4) is 0 Å². The average molecular weight is 379 g/mol. The Morgan fingerprint density at radius 1 is 0.963 bits per heavy atom. The van der Waals surface area contributed by atoms with E-state index in [2.05, 4.69) is 0 Å². The van der Waals surface area contributed by atoms with Gasteiger partial charge in [-0.2, -0.15) is 0 Å². The quantitative estimate of drug-likeness (QED) is 0.453. The summed E-state index contributed by atoms with van der Waals surface area (Å²) < 4.78 is 44.4. The molecule has 0 fully saturated rings. The third-order valence-corrected chi connectivity index (χ3v) is 3.62. The predicted molar refractivity (Wildman–Crippen MR) is 90.5 cm³/mol. The molecule has 0 heterocycles. The lowest BCUT2D eigenvalue weighted by Gasteiger charge is -2.14. The first-order valence-electron chi connectivity index (χ1n) is 8.01. The number of rotatable bonds is 7. The van der Waals surface area contributed by atoms with E-state index < -0.39 is 41.1 Å². The van der Waals surface area contributed by atoms with Crippen molar-refractivity contribution in [3.8, 4) is 0 Å². The van der Waals surface area contributed by atoms with Crippen molar-refractivity contribution in [2.75, 3.05) is 5.32 Å². The summed E-state index contributed by atoms with van der Waals surface area (Å²) in [4.78, 5) is 35.6. The number of nitrogens with one attached hydrogen (secondary N) is 1. The fraction of sp³-hybridized carbons (Fsp3) is 0.211. The number of anilines is 1. The molecule has 1 N–H and O–H groups in total. The molecule has 0 aliphatic heterocycles. The zero-order chi connectivity index (χ0) is 20.0. The lowest BCUT2D eigenvalue weighted by molar-refractivity contribution is -0.153. The van der Waals surface area contributed by atoms with E-state index in [0.29, 0.717) is 11.6 Å². The Labute approximate surface area is 153 Å². The molecule has 142 valence electrons. The number of carbonyl (C=O) groups is 3. The fourth-order valence-electron chi connectivity index (χ4n) is 2.15. The molecule has 0 saturated carbocycles. The molecule has 2 rings (SSSR count). The average Bonchev–Trinajstić information content (AvgIpc) is 2.67. The Bertz CT molecular complexity index is 856. The molecule has 0 saturated heterocycles. The summed E-state index contributed by atoms with van der Waals surface area (Å²) in [5, 5.41) is 2.01. The van der Waals surface area contributed by atoms with Gasteiger partial charge in [-0.05, 0) is 19.1 Å². The highest BCUT2D eigenvalue weighted by Gasteiger charge is 2.21. The monoisotopic (exact) mass is 379 g/mol. The first kappa shape index (κ1) is 20.2. The highest BCUT2D eigenvalue weighted by atomic mass is 19.2. The van der Waals surface area contributed by atoms with Gasteiger partial charge >= 0.3 is 5.97 Å². The van der Waals surface area contributed by atoms with Crippen LogP contribution in [0, 0.1) is 17.5 Å².